The standard InChI is InChI=1S/C12H18N4O/c1-13-6-9-2-5-12(15-14-9)16-7-10-3-4-11(8-16)17-10/h2,5,10-11,13H,3-4,6-8H2,1H3. The van der Waals surface area contributed by atoms with Gasteiger partial charge < -0.3 is 15.0 Å². The van der Waals surface area contributed by atoms with Crippen LogP contribution in [0.5, 0.6) is 0 Å². The monoisotopic (exact) mass is 234 g/mol. The number of hydrogen-bond acceptors (Lipinski definition) is 5. The Balaban J connectivity index is 1.71. The molecule has 2 saturated heterocycles. The molecule has 17 heavy (non-hydrogen) atoms. The third-order valence-corrected chi connectivity index (χ3v) is 3.43. The Morgan fingerprint density at radius 1 is 1.29 bits per heavy atom. The van der Waals surface area contributed by atoms with Crippen molar-refractivity contribution in [2.45, 2.75) is 31.6 Å². The molecule has 3 heterocycles. The molecule has 0 radical (unpaired) electrons. The van der Waals surface area contributed by atoms with Gasteiger partial charge in [-0.05, 0) is 32.0 Å². The van der Waals surface area contributed by atoms with E-state index in [-0.39, 0.29) is 0 Å². The summed E-state index contributed by atoms with van der Waals surface area (Å²) in [5, 5.41) is 11.6. The van der Waals surface area contributed by atoms with E-state index in [1.165, 1.54) is 12.8 Å². The van der Waals surface area contributed by atoms with Crippen molar-refractivity contribution in [3.05, 3.63) is 17.8 Å². The van der Waals surface area contributed by atoms with E-state index in [0.717, 1.165) is 31.1 Å². The van der Waals surface area contributed by atoms with Crippen LogP contribution < -0.4 is 10.2 Å². The molecule has 2 aliphatic rings. The fourth-order valence-electron chi connectivity index (χ4n) is 2.60. The van der Waals surface area contributed by atoms with Gasteiger partial charge in [-0.15, -0.1) is 5.10 Å². The van der Waals surface area contributed by atoms with E-state index >= 15 is 0 Å². The maximum atomic E-state index is 5.81. The zero-order valence-corrected chi connectivity index (χ0v) is 10.1. The lowest BCUT2D eigenvalue weighted by Gasteiger charge is -2.32. The van der Waals surface area contributed by atoms with Crippen molar-refractivity contribution < 1.29 is 4.74 Å². The Kier molecular flexibility index (Phi) is 2.94. The topological polar surface area (TPSA) is 50.3 Å². The minimum atomic E-state index is 0.396. The molecule has 2 bridgehead atoms. The largest absolute Gasteiger partial charge is 0.371 e. The summed E-state index contributed by atoms with van der Waals surface area (Å²) in [5.41, 5.74) is 0.979. The predicted octanol–water partition coefficient (Wildman–Crippen LogP) is 0.564. The van der Waals surface area contributed by atoms with E-state index in [2.05, 4.69) is 26.5 Å². The highest BCUT2D eigenvalue weighted by Crippen LogP contribution is 2.28. The maximum Gasteiger partial charge on any atom is 0.151 e. The highest BCUT2D eigenvalue weighted by molar-refractivity contribution is 5.38. The highest BCUT2D eigenvalue weighted by Gasteiger charge is 2.34. The molecular formula is C12H18N4O. The number of anilines is 1. The molecule has 2 aliphatic heterocycles. The molecule has 0 amide bonds. The number of aromatic nitrogens is 2. The van der Waals surface area contributed by atoms with Crippen LogP contribution in [0.2, 0.25) is 0 Å². The van der Waals surface area contributed by atoms with Crippen LogP contribution in [0.4, 0.5) is 5.82 Å². The molecule has 2 unspecified atom stereocenters. The third-order valence-electron chi connectivity index (χ3n) is 3.43. The number of hydrogen-bond donors (Lipinski definition) is 1. The van der Waals surface area contributed by atoms with Gasteiger partial charge >= 0.3 is 0 Å². The summed E-state index contributed by atoms with van der Waals surface area (Å²) in [6.45, 7) is 2.68. The van der Waals surface area contributed by atoms with Crippen molar-refractivity contribution in [3.8, 4) is 0 Å². The average molecular weight is 234 g/mol. The summed E-state index contributed by atoms with van der Waals surface area (Å²) < 4.78 is 5.81. The lowest BCUT2D eigenvalue weighted by Crippen LogP contribution is -2.43. The lowest BCUT2D eigenvalue weighted by molar-refractivity contribution is 0.0301. The van der Waals surface area contributed by atoms with Crippen molar-refractivity contribution in [3.63, 3.8) is 0 Å². The number of nitrogens with one attached hydrogen (secondary N) is 1. The molecule has 1 N–H and O–H groups in total. The van der Waals surface area contributed by atoms with Crippen LogP contribution >= 0.6 is 0 Å². The number of morpholine rings is 1. The van der Waals surface area contributed by atoms with Gasteiger partial charge in [-0.2, -0.15) is 5.10 Å². The first kappa shape index (κ1) is 10.9. The van der Waals surface area contributed by atoms with Crippen LogP contribution in [-0.2, 0) is 11.3 Å². The summed E-state index contributed by atoms with van der Waals surface area (Å²) in [7, 11) is 1.91. The van der Waals surface area contributed by atoms with E-state index < -0.39 is 0 Å². The Morgan fingerprint density at radius 3 is 2.65 bits per heavy atom. The normalized spacial score (nSPS) is 27.5. The summed E-state index contributed by atoms with van der Waals surface area (Å²) in [6, 6.07) is 4.10. The zero-order chi connectivity index (χ0) is 11.7. The van der Waals surface area contributed by atoms with Gasteiger partial charge in [0, 0.05) is 19.6 Å². The Hall–Kier alpha value is -1.20. The molecule has 2 fully saturated rings. The van der Waals surface area contributed by atoms with Gasteiger partial charge in [0.2, 0.25) is 0 Å². The van der Waals surface area contributed by atoms with Gasteiger partial charge in [0.1, 0.15) is 0 Å². The zero-order valence-electron chi connectivity index (χ0n) is 10.1. The van der Waals surface area contributed by atoms with Crippen LogP contribution in [0.3, 0.4) is 0 Å². The van der Waals surface area contributed by atoms with Crippen molar-refractivity contribution in [1.82, 2.24) is 15.5 Å². The van der Waals surface area contributed by atoms with E-state index in [9.17, 15) is 0 Å². The Bertz CT molecular complexity index is 369. The summed E-state index contributed by atoms with van der Waals surface area (Å²) in [4.78, 5) is 2.29. The quantitative estimate of drug-likeness (QED) is 0.828. The Morgan fingerprint density at radius 2 is 2.06 bits per heavy atom. The summed E-state index contributed by atoms with van der Waals surface area (Å²) >= 11 is 0. The third kappa shape index (κ3) is 2.25. The van der Waals surface area contributed by atoms with Crippen molar-refractivity contribution in [1.29, 1.82) is 0 Å². The van der Waals surface area contributed by atoms with Crippen molar-refractivity contribution in [2.24, 2.45) is 0 Å². The molecule has 1 aromatic heterocycles. The van der Waals surface area contributed by atoms with Crippen LogP contribution in [-0.4, -0.2) is 42.5 Å². The fourth-order valence-corrected chi connectivity index (χ4v) is 2.60. The van der Waals surface area contributed by atoms with Crippen LogP contribution in [0, 0.1) is 0 Å². The van der Waals surface area contributed by atoms with Crippen molar-refractivity contribution in [2.75, 3.05) is 25.0 Å². The predicted molar refractivity (Wildman–Crippen MR) is 64.9 cm³/mol. The minimum Gasteiger partial charge on any atom is -0.371 e. The van der Waals surface area contributed by atoms with Gasteiger partial charge in [-0.1, -0.05) is 0 Å². The molecule has 0 aromatic carbocycles. The molecule has 0 aliphatic carbocycles. The van der Waals surface area contributed by atoms with Gasteiger partial charge in [0.05, 0.1) is 17.9 Å². The van der Waals surface area contributed by atoms with Crippen LogP contribution in [0.25, 0.3) is 0 Å². The second kappa shape index (κ2) is 4.58. The summed E-state index contributed by atoms with van der Waals surface area (Å²) in [6.07, 6.45) is 3.17. The van der Waals surface area contributed by atoms with E-state index in [0.29, 0.717) is 12.2 Å². The van der Waals surface area contributed by atoms with E-state index in [1.807, 2.05) is 13.1 Å². The smallest absolute Gasteiger partial charge is 0.151 e. The molecule has 0 spiro atoms. The van der Waals surface area contributed by atoms with E-state index in [4.69, 9.17) is 4.74 Å². The minimum absolute atomic E-state index is 0.396. The molecule has 3 rings (SSSR count). The SMILES string of the molecule is CNCc1ccc(N2CC3CCC(C2)O3)nn1. The molecular weight excluding hydrogens is 216 g/mol. The van der Waals surface area contributed by atoms with Crippen LogP contribution in [0.1, 0.15) is 18.5 Å². The molecule has 5 heteroatoms. The maximum absolute atomic E-state index is 5.81. The highest BCUT2D eigenvalue weighted by atomic mass is 16.5. The van der Waals surface area contributed by atoms with Gasteiger partial charge in [-0.25, -0.2) is 0 Å². The lowest BCUT2D eigenvalue weighted by atomic mass is 10.2. The molecule has 2 atom stereocenters. The number of rotatable bonds is 3. The van der Waals surface area contributed by atoms with Gasteiger partial charge in [-0.3, -0.25) is 0 Å². The molecule has 1 aromatic rings. The first-order chi connectivity index (χ1) is 8.35. The number of fused-ring (bicyclic) bond motifs is 2. The number of nitrogens with zero attached hydrogens (tertiary/aromatic N) is 3. The molecule has 0 saturated carbocycles. The molecule has 5 nitrogen and oxygen atoms in total. The second-order valence-electron chi connectivity index (χ2n) is 4.78. The Labute approximate surface area is 101 Å². The average Bonchev–Trinajstić information content (AvgIpc) is 2.70. The van der Waals surface area contributed by atoms with Gasteiger partial charge in [0.25, 0.3) is 0 Å². The summed E-state index contributed by atoms with van der Waals surface area (Å²) in [5.74, 6) is 0.977. The second-order valence-corrected chi connectivity index (χ2v) is 4.78. The van der Waals surface area contributed by atoms with Crippen LogP contribution in [0.15, 0.2) is 12.1 Å². The fraction of sp³-hybridized carbons (Fsp3) is 0.667. The van der Waals surface area contributed by atoms with E-state index in [1.54, 1.807) is 0 Å². The molecule has 92 valence electrons. The van der Waals surface area contributed by atoms with Gasteiger partial charge in [0.15, 0.2) is 5.82 Å². The first-order valence-electron chi connectivity index (χ1n) is 6.23. The first-order valence-corrected chi connectivity index (χ1v) is 6.23. The number of ether oxygens (including phenoxy) is 1. The van der Waals surface area contributed by atoms with Crippen molar-refractivity contribution >= 4 is 5.82 Å².